The molecular formula is C30H31BF2N2O4. The Morgan fingerprint density at radius 1 is 0.974 bits per heavy atom. The molecule has 1 saturated heterocycles. The van der Waals surface area contributed by atoms with Gasteiger partial charge in [-0.2, -0.15) is 0 Å². The van der Waals surface area contributed by atoms with E-state index in [9.17, 15) is 13.6 Å². The average Bonchev–Trinajstić information content (AvgIpc) is 3.32. The van der Waals surface area contributed by atoms with E-state index >= 15 is 0 Å². The Hall–Kier alpha value is -3.69. The molecule has 39 heavy (non-hydrogen) atoms. The highest BCUT2D eigenvalue weighted by Gasteiger charge is 2.52. The van der Waals surface area contributed by atoms with Crippen LogP contribution in [0.25, 0.3) is 17.2 Å². The summed E-state index contributed by atoms with van der Waals surface area (Å²) in [7, 11) is -0.854. The Labute approximate surface area is 227 Å². The minimum Gasteiger partial charge on any atom is -0.449 e. The van der Waals surface area contributed by atoms with Crippen LogP contribution in [0, 0.1) is 11.6 Å². The Bertz CT molecular complexity index is 1370. The van der Waals surface area contributed by atoms with Crippen molar-refractivity contribution in [2.75, 3.05) is 18.9 Å². The van der Waals surface area contributed by atoms with Gasteiger partial charge in [0.05, 0.1) is 11.2 Å². The molecule has 0 saturated carbocycles. The van der Waals surface area contributed by atoms with Crippen molar-refractivity contribution in [2.24, 2.45) is 0 Å². The number of anilines is 1. The molecule has 3 N–H and O–H groups in total. The number of rotatable bonds is 6. The van der Waals surface area contributed by atoms with Crippen molar-refractivity contribution in [1.29, 1.82) is 0 Å². The third-order valence-electron chi connectivity index (χ3n) is 7.79. The average molecular weight is 532 g/mol. The number of nitrogens with two attached hydrogens (primary N) is 1. The first-order valence-electron chi connectivity index (χ1n) is 12.9. The van der Waals surface area contributed by atoms with E-state index in [0.29, 0.717) is 5.47 Å². The summed E-state index contributed by atoms with van der Waals surface area (Å²) < 4.78 is 46.2. The highest BCUT2D eigenvalue weighted by Crippen LogP contribution is 2.44. The summed E-state index contributed by atoms with van der Waals surface area (Å²) in [5.41, 5.74) is 8.73. The number of alkyl carbamates (subject to hydrolysis) is 1. The number of nitrogens with one attached hydrogen (secondary N) is 1. The Kier molecular flexibility index (Phi) is 6.99. The smallest absolute Gasteiger partial charge is 0.449 e. The van der Waals surface area contributed by atoms with Crippen LogP contribution in [0.3, 0.4) is 0 Å². The third kappa shape index (κ3) is 5.16. The summed E-state index contributed by atoms with van der Waals surface area (Å²) in [6.07, 6.45) is 0.895. The van der Waals surface area contributed by atoms with Gasteiger partial charge in [-0.05, 0) is 73.1 Å². The maximum absolute atomic E-state index is 14.1. The van der Waals surface area contributed by atoms with E-state index in [1.165, 1.54) is 6.08 Å². The van der Waals surface area contributed by atoms with Gasteiger partial charge >= 0.3 is 13.2 Å². The standard InChI is InChI=1S/C30H31BF2N2O4/c1-29(2)30(3,4)39-31(38-29)19(13-18-14-25(32)27(34)26(33)15-18)16-35-28(36)37-17-24-22-11-7-5-9-20(22)21-10-6-8-12-23(21)24/h5-15,24H,16-17,34H2,1-4H3,(H,35,36). The van der Waals surface area contributed by atoms with Crippen LogP contribution in [0.15, 0.2) is 66.1 Å². The molecule has 3 aromatic rings. The fourth-order valence-electron chi connectivity index (χ4n) is 4.92. The molecule has 3 aromatic carbocycles. The first-order chi connectivity index (χ1) is 18.5. The van der Waals surface area contributed by atoms with Crippen molar-refractivity contribution < 1.29 is 27.6 Å². The van der Waals surface area contributed by atoms with Gasteiger partial charge in [0.2, 0.25) is 0 Å². The van der Waals surface area contributed by atoms with Crippen molar-refractivity contribution in [3.63, 3.8) is 0 Å². The number of amides is 1. The molecule has 0 spiro atoms. The number of halogens is 2. The van der Waals surface area contributed by atoms with Gasteiger partial charge in [0.25, 0.3) is 0 Å². The van der Waals surface area contributed by atoms with Gasteiger partial charge in [0.15, 0.2) is 0 Å². The van der Waals surface area contributed by atoms with Crippen LogP contribution in [0.4, 0.5) is 19.3 Å². The van der Waals surface area contributed by atoms with E-state index in [0.717, 1.165) is 34.4 Å². The molecule has 2 aliphatic rings. The second kappa shape index (κ2) is 10.1. The highest BCUT2D eigenvalue weighted by atomic mass is 19.1. The monoisotopic (exact) mass is 532 g/mol. The lowest BCUT2D eigenvalue weighted by Gasteiger charge is -2.32. The predicted octanol–water partition coefficient (Wildman–Crippen LogP) is 6.10. The maximum Gasteiger partial charge on any atom is 0.492 e. The van der Waals surface area contributed by atoms with Crippen LogP contribution >= 0.6 is 0 Å². The molecule has 5 rings (SSSR count). The number of fused-ring (bicyclic) bond motifs is 3. The minimum atomic E-state index is -0.876. The Morgan fingerprint density at radius 3 is 2.03 bits per heavy atom. The summed E-state index contributed by atoms with van der Waals surface area (Å²) in [5, 5.41) is 2.75. The van der Waals surface area contributed by atoms with Gasteiger partial charge in [-0.3, -0.25) is 0 Å². The molecule has 1 aliphatic heterocycles. The summed E-state index contributed by atoms with van der Waals surface area (Å²) in [6.45, 7) is 7.71. The van der Waals surface area contributed by atoms with Crippen molar-refractivity contribution >= 4 is 25.0 Å². The third-order valence-corrected chi connectivity index (χ3v) is 7.79. The summed E-state index contributed by atoms with van der Waals surface area (Å²) in [6, 6.07) is 18.4. The largest absolute Gasteiger partial charge is 0.492 e. The zero-order chi connectivity index (χ0) is 27.9. The van der Waals surface area contributed by atoms with Crippen molar-refractivity contribution in [2.45, 2.75) is 44.8 Å². The minimum absolute atomic E-state index is 0.0267. The number of benzene rings is 3. The molecular weight excluding hydrogens is 501 g/mol. The number of ether oxygens (including phenoxy) is 1. The van der Waals surface area contributed by atoms with E-state index < -0.39 is 41.7 Å². The van der Waals surface area contributed by atoms with Crippen LogP contribution in [-0.4, -0.2) is 37.6 Å². The summed E-state index contributed by atoms with van der Waals surface area (Å²) in [5.74, 6) is -1.83. The molecule has 0 aromatic heterocycles. The molecule has 0 unspecified atom stereocenters. The zero-order valence-electron chi connectivity index (χ0n) is 22.4. The second-order valence-electron chi connectivity index (χ2n) is 10.9. The lowest BCUT2D eigenvalue weighted by atomic mass is 9.77. The van der Waals surface area contributed by atoms with Crippen LogP contribution in [-0.2, 0) is 14.0 Å². The fraction of sp³-hybridized carbons (Fsp3) is 0.300. The zero-order valence-corrected chi connectivity index (χ0v) is 22.4. The number of carbonyl (C=O) groups is 1. The van der Waals surface area contributed by atoms with Crippen LogP contribution in [0.5, 0.6) is 0 Å². The van der Waals surface area contributed by atoms with Gasteiger partial charge in [0.1, 0.15) is 23.9 Å². The molecule has 202 valence electrons. The van der Waals surface area contributed by atoms with E-state index in [4.69, 9.17) is 19.8 Å². The molecule has 0 radical (unpaired) electrons. The molecule has 9 heteroatoms. The molecule has 1 aliphatic carbocycles. The van der Waals surface area contributed by atoms with Crippen molar-refractivity contribution in [3.05, 3.63) is 94.5 Å². The molecule has 1 amide bonds. The van der Waals surface area contributed by atoms with Gasteiger partial charge in [0, 0.05) is 12.5 Å². The molecule has 1 fully saturated rings. The Balaban J connectivity index is 1.32. The number of nitrogen functional groups attached to an aromatic ring is 1. The van der Waals surface area contributed by atoms with Crippen LogP contribution in [0.2, 0.25) is 0 Å². The molecule has 1 heterocycles. The fourth-order valence-corrected chi connectivity index (χ4v) is 4.92. The first kappa shape index (κ1) is 26.9. The van der Waals surface area contributed by atoms with Crippen LogP contribution in [0.1, 0.15) is 50.3 Å². The lowest BCUT2D eigenvalue weighted by Crippen LogP contribution is -2.41. The van der Waals surface area contributed by atoms with Gasteiger partial charge < -0.3 is 25.1 Å². The SMILES string of the molecule is CC1(C)OB(C(=Cc2cc(F)c(N)c(F)c2)CNC(=O)OCC2c3ccccc3-c3ccccc32)OC1(C)C. The normalized spacial score (nSPS) is 17.6. The predicted molar refractivity (Wildman–Crippen MR) is 148 cm³/mol. The Morgan fingerprint density at radius 2 is 1.49 bits per heavy atom. The quantitative estimate of drug-likeness (QED) is 0.296. The van der Waals surface area contributed by atoms with Gasteiger partial charge in [-0.25, -0.2) is 13.6 Å². The summed E-state index contributed by atoms with van der Waals surface area (Å²) in [4.78, 5) is 12.8. The molecule has 0 bridgehead atoms. The van der Waals surface area contributed by atoms with E-state index in [-0.39, 0.29) is 24.6 Å². The summed E-state index contributed by atoms with van der Waals surface area (Å²) >= 11 is 0. The molecule has 6 nitrogen and oxygen atoms in total. The van der Waals surface area contributed by atoms with E-state index in [1.807, 2.05) is 64.1 Å². The van der Waals surface area contributed by atoms with Crippen molar-refractivity contribution in [3.8, 4) is 11.1 Å². The first-order valence-corrected chi connectivity index (χ1v) is 12.9. The van der Waals surface area contributed by atoms with E-state index in [1.54, 1.807) is 0 Å². The number of hydrogen-bond acceptors (Lipinski definition) is 5. The highest BCUT2D eigenvalue weighted by molar-refractivity contribution is 6.56. The second-order valence-corrected chi connectivity index (χ2v) is 10.9. The van der Waals surface area contributed by atoms with Gasteiger partial charge in [-0.15, -0.1) is 0 Å². The molecule has 0 atom stereocenters. The number of hydrogen-bond donors (Lipinski definition) is 2. The lowest BCUT2D eigenvalue weighted by molar-refractivity contribution is 0.00578. The van der Waals surface area contributed by atoms with Gasteiger partial charge in [-0.1, -0.05) is 54.6 Å². The number of carbonyl (C=O) groups excluding carboxylic acids is 1. The van der Waals surface area contributed by atoms with Crippen molar-refractivity contribution in [1.82, 2.24) is 5.32 Å². The maximum atomic E-state index is 14.1. The van der Waals surface area contributed by atoms with Crippen LogP contribution < -0.4 is 11.1 Å². The topological polar surface area (TPSA) is 82.8 Å². The van der Waals surface area contributed by atoms with E-state index in [2.05, 4.69) is 17.4 Å².